The van der Waals surface area contributed by atoms with Crippen LogP contribution in [0, 0.1) is 5.82 Å². The largest absolute Gasteiger partial charge is 0.478 e. The van der Waals surface area contributed by atoms with Gasteiger partial charge in [-0.05, 0) is 47.0 Å². The number of halogens is 1. The van der Waals surface area contributed by atoms with E-state index in [1.54, 1.807) is 11.3 Å². The van der Waals surface area contributed by atoms with Crippen molar-refractivity contribution in [3.8, 4) is 0 Å². The molecule has 1 aromatic carbocycles. The number of carbonyl (C=O) groups is 1. The third-order valence-corrected chi connectivity index (χ3v) is 3.25. The van der Waals surface area contributed by atoms with E-state index in [4.69, 9.17) is 5.11 Å². The molecule has 0 aliphatic heterocycles. The second-order valence-electron chi connectivity index (χ2n) is 3.80. The lowest BCUT2D eigenvalue weighted by Gasteiger charge is -2.09. The van der Waals surface area contributed by atoms with Crippen LogP contribution in [0.1, 0.15) is 15.9 Å². The molecule has 0 saturated carbocycles. The van der Waals surface area contributed by atoms with Gasteiger partial charge in [-0.2, -0.15) is 11.3 Å². The third kappa shape index (κ3) is 3.07. The van der Waals surface area contributed by atoms with E-state index in [2.05, 4.69) is 5.32 Å². The van der Waals surface area contributed by atoms with Crippen LogP contribution >= 0.6 is 11.3 Å². The molecule has 0 amide bonds. The predicted octanol–water partition coefficient (Wildman–Crippen LogP) is 3.24. The highest BCUT2D eigenvalue weighted by atomic mass is 32.1. The van der Waals surface area contributed by atoms with Crippen molar-refractivity contribution in [2.24, 2.45) is 0 Å². The van der Waals surface area contributed by atoms with Gasteiger partial charge in [-0.3, -0.25) is 0 Å². The Morgan fingerprint density at radius 2 is 2.22 bits per heavy atom. The predicted molar refractivity (Wildman–Crippen MR) is 69.9 cm³/mol. The summed E-state index contributed by atoms with van der Waals surface area (Å²) >= 11 is 1.62. The molecule has 0 unspecified atom stereocenters. The maximum atomic E-state index is 13.0. The third-order valence-electron chi connectivity index (χ3n) is 2.52. The van der Waals surface area contributed by atoms with Crippen molar-refractivity contribution in [2.75, 3.05) is 11.9 Å². The number of hydrogen-bond acceptors (Lipinski definition) is 3. The Morgan fingerprint density at radius 3 is 2.89 bits per heavy atom. The average Bonchev–Trinajstić information content (AvgIpc) is 2.84. The summed E-state index contributed by atoms with van der Waals surface area (Å²) in [6, 6.07) is 5.75. The molecular formula is C13H12FNO2S. The SMILES string of the molecule is O=C(O)c1cc(F)ccc1NCCc1ccsc1. The molecule has 1 aromatic heterocycles. The number of aromatic carboxylic acids is 1. The molecule has 3 nitrogen and oxygen atoms in total. The van der Waals surface area contributed by atoms with Crippen LogP contribution in [0.4, 0.5) is 10.1 Å². The molecule has 0 aliphatic carbocycles. The number of nitrogens with one attached hydrogen (secondary N) is 1. The van der Waals surface area contributed by atoms with Crippen LogP contribution in [0.15, 0.2) is 35.0 Å². The Balaban J connectivity index is 2.02. The van der Waals surface area contributed by atoms with Crippen molar-refractivity contribution in [2.45, 2.75) is 6.42 Å². The number of carboxylic acid groups (broad SMARTS) is 1. The van der Waals surface area contributed by atoms with Crippen LogP contribution in [0.25, 0.3) is 0 Å². The molecule has 0 saturated heterocycles. The van der Waals surface area contributed by atoms with Gasteiger partial charge in [0.2, 0.25) is 0 Å². The second-order valence-corrected chi connectivity index (χ2v) is 4.58. The van der Waals surface area contributed by atoms with Crippen molar-refractivity contribution >= 4 is 23.0 Å². The maximum Gasteiger partial charge on any atom is 0.337 e. The summed E-state index contributed by atoms with van der Waals surface area (Å²) in [5.41, 5.74) is 1.60. The number of anilines is 1. The van der Waals surface area contributed by atoms with E-state index in [-0.39, 0.29) is 5.56 Å². The van der Waals surface area contributed by atoms with Crippen LogP contribution < -0.4 is 5.32 Å². The first kappa shape index (κ1) is 12.6. The number of hydrogen-bond donors (Lipinski definition) is 2. The fourth-order valence-corrected chi connectivity index (χ4v) is 2.33. The lowest BCUT2D eigenvalue weighted by molar-refractivity contribution is 0.0697. The van der Waals surface area contributed by atoms with Crippen molar-refractivity contribution in [1.29, 1.82) is 0 Å². The summed E-state index contributed by atoms with van der Waals surface area (Å²) in [5, 5.41) is 16.0. The zero-order valence-corrected chi connectivity index (χ0v) is 10.3. The van der Waals surface area contributed by atoms with Crippen molar-refractivity contribution in [1.82, 2.24) is 0 Å². The minimum Gasteiger partial charge on any atom is -0.478 e. The van der Waals surface area contributed by atoms with E-state index in [1.165, 1.54) is 17.7 Å². The minimum atomic E-state index is -1.13. The Morgan fingerprint density at radius 1 is 1.39 bits per heavy atom. The molecule has 0 bridgehead atoms. The Bertz CT molecular complexity index is 540. The number of carboxylic acids is 1. The van der Waals surface area contributed by atoms with Crippen LogP contribution in [-0.2, 0) is 6.42 Å². The quantitative estimate of drug-likeness (QED) is 0.872. The van der Waals surface area contributed by atoms with E-state index in [9.17, 15) is 9.18 Å². The maximum absolute atomic E-state index is 13.0. The van der Waals surface area contributed by atoms with Gasteiger partial charge >= 0.3 is 5.97 Å². The molecule has 0 spiro atoms. The zero-order valence-electron chi connectivity index (χ0n) is 9.52. The van der Waals surface area contributed by atoms with E-state index < -0.39 is 11.8 Å². The molecule has 1 heterocycles. The molecule has 0 atom stereocenters. The van der Waals surface area contributed by atoms with E-state index in [0.717, 1.165) is 12.5 Å². The molecule has 2 N–H and O–H groups in total. The highest BCUT2D eigenvalue weighted by molar-refractivity contribution is 7.07. The van der Waals surface area contributed by atoms with Crippen molar-refractivity contribution in [3.63, 3.8) is 0 Å². The fraction of sp³-hybridized carbons (Fsp3) is 0.154. The Kier molecular flexibility index (Phi) is 3.94. The number of thiophene rings is 1. The Labute approximate surface area is 108 Å². The molecule has 0 radical (unpaired) electrons. The van der Waals surface area contributed by atoms with Gasteiger partial charge < -0.3 is 10.4 Å². The first-order valence-electron chi connectivity index (χ1n) is 5.44. The molecule has 0 aliphatic rings. The monoisotopic (exact) mass is 265 g/mol. The van der Waals surface area contributed by atoms with E-state index in [1.807, 2.05) is 16.8 Å². The molecule has 2 aromatic rings. The van der Waals surface area contributed by atoms with E-state index >= 15 is 0 Å². The van der Waals surface area contributed by atoms with Gasteiger partial charge in [-0.25, -0.2) is 9.18 Å². The van der Waals surface area contributed by atoms with E-state index in [0.29, 0.717) is 12.2 Å². The van der Waals surface area contributed by atoms with Gasteiger partial charge in [0.05, 0.1) is 5.56 Å². The minimum absolute atomic E-state index is 0.0414. The normalized spacial score (nSPS) is 10.3. The standard InChI is InChI=1S/C13H12FNO2S/c14-10-1-2-12(11(7-10)13(16)17)15-5-3-9-4-6-18-8-9/h1-2,4,6-8,15H,3,5H2,(H,16,17). The summed E-state index contributed by atoms with van der Waals surface area (Å²) in [7, 11) is 0. The lowest BCUT2D eigenvalue weighted by Crippen LogP contribution is -2.09. The van der Waals surface area contributed by atoms with Crippen molar-refractivity contribution < 1.29 is 14.3 Å². The highest BCUT2D eigenvalue weighted by Crippen LogP contribution is 2.17. The molecule has 5 heteroatoms. The molecule has 0 fully saturated rings. The first-order chi connectivity index (χ1) is 8.66. The van der Waals surface area contributed by atoms with Crippen LogP contribution in [0.3, 0.4) is 0 Å². The summed E-state index contributed by atoms with van der Waals surface area (Å²) in [6.07, 6.45) is 0.805. The summed E-state index contributed by atoms with van der Waals surface area (Å²) < 4.78 is 13.0. The average molecular weight is 265 g/mol. The smallest absolute Gasteiger partial charge is 0.337 e. The molecule has 18 heavy (non-hydrogen) atoms. The van der Waals surface area contributed by atoms with Gasteiger partial charge in [0, 0.05) is 12.2 Å². The summed E-state index contributed by atoms with van der Waals surface area (Å²) in [4.78, 5) is 11.0. The van der Waals surface area contributed by atoms with Crippen LogP contribution in [0.2, 0.25) is 0 Å². The zero-order chi connectivity index (χ0) is 13.0. The van der Waals surface area contributed by atoms with Gasteiger partial charge in [0.25, 0.3) is 0 Å². The molecular weight excluding hydrogens is 253 g/mol. The van der Waals surface area contributed by atoms with Crippen LogP contribution in [-0.4, -0.2) is 17.6 Å². The van der Waals surface area contributed by atoms with Gasteiger partial charge in [0.15, 0.2) is 0 Å². The second kappa shape index (κ2) is 5.64. The number of rotatable bonds is 5. The summed E-state index contributed by atoms with van der Waals surface area (Å²) in [5.74, 6) is -1.68. The highest BCUT2D eigenvalue weighted by Gasteiger charge is 2.10. The van der Waals surface area contributed by atoms with Crippen LogP contribution in [0.5, 0.6) is 0 Å². The lowest BCUT2D eigenvalue weighted by atomic mass is 10.1. The Hall–Kier alpha value is -1.88. The van der Waals surface area contributed by atoms with Gasteiger partial charge in [-0.15, -0.1) is 0 Å². The summed E-state index contributed by atoms with van der Waals surface area (Å²) in [6.45, 7) is 0.614. The van der Waals surface area contributed by atoms with Crippen molar-refractivity contribution in [3.05, 3.63) is 52.0 Å². The van der Waals surface area contributed by atoms with Gasteiger partial charge in [-0.1, -0.05) is 0 Å². The topological polar surface area (TPSA) is 49.3 Å². The number of benzene rings is 1. The molecule has 94 valence electrons. The first-order valence-corrected chi connectivity index (χ1v) is 6.39. The van der Waals surface area contributed by atoms with Gasteiger partial charge in [0.1, 0.15) is 5.82 Å². The molecule has 2 rings (SSSR count). The fourth-order valence-electron chi connectivity index (χ4n) is 1.62.